The minimum Gasteiger partial charge on any atom is -0.378 e. The molecule has 0 bridgehead atoms. The van der Waals surface area contributed by atoms with Gasteiger partial charge in [0, 0.05) is 13.1 Å². The Labute approximate surface area is 217 Å². The lowest BCUT2D eigenvalue weighted by Gasteiger charge is -2.34. The summed E-state index contributed by atoms with van der Waals surface area (Å²) in [5.41, 5.74) is 3.05. The fourth-order valence-corrected chi connectivity index (χ4v) is 3.32. The highest BCUT2D eigenvalue weighted by Gasteiger charge is 2.20. The summed E-state index contributed by atoms with van der Waals surface area (Å²) < 4.78 is 22.7. The predicted molar refractivity (Wildman–Crippen MR) is 149 cm³/mol. The minimum atomic E-state index is 0.0819. The fraction of sp³-hybridized carbons (Fsp3) is 0.692. The molecule has 0 amide bonds. The second-order valence-corrected chi connectivity index (χ2v) is 8.36. The third kappa shape index (κ3) is 13.9. The maximum Gasteiger partial charge on any atom is 0.0820 e. The third-order valence-electron chi connectivity index (χ3n) is 5.70. The normalized spacial score (nSPS) is 19.7. The Hall–Kier alpha value is -2.08. The van der Waals surface area contributed by atoms with Gasteiger partial charge in [-0.3, -0.25) is 29.8 Å². The largest absolute Gasteiger partial charge is 0.378 e. The molecule has 1 unspecified atom stereocenters. The summed E-state index contributed by atoms with van der Waals surface area (Å²) in [4.78, 5) is 22.0. The number of rotatable bonds is 13. The molecule has 0 fully saturated rings. The molecule has 0 saturated heterocycles. The number of ether oxygens (including phenoxy) is 4. The van der Waals surface area contributed by atoms with Crippen LogP contribution in [0.1, 0.15) is 13.8 Å². The first kappa shape index (κ1) is 31.9. The molecule has 0 spiro atoms. The number of nitrogens with zero attached hydrogens (tertiary/aromatic N) is 6. The third-order valence-corrected chi connectivity index (χ3v) is 5.70. The van der Waals surface area contributed by atoms with E-state index >= 15 is 0 Å². The van der Waals surface area contributed by atoms with Crippen LogP contribution in [0.3, 0.4) is 0 Å². The summed E-state index contributed by atoms with van der Waals surface area (Å²) in [6.45, 7) is 22.8. The molecule has 10 heteroatoms. The summed E-state index contributed by atoms with van der Waals surface area (Å²) in [6.07, 6.45) is 1.85. The van der Waals surface area contributed by atoms with E-state index in [1.54, 1.807) is 6.08 Å². The number of aliphatic imine (C=N–C) groups is 4. The average molecular weight is 507 g/mol. The quantitative estimate of drug-likeness (QED) is 0.280. The SMILES string of the molecule is C=CC1=NCC(N(C)CCOCCOCCN=C(C)C(=C)N=C)N(C)CCOCCOCCN=C1C. The smallest absolute Gasteiger partial charge is 0.0820 e. The monoisotopic (exact) mass is 506 g/mol. The second kappa shape index (κ2) is 20.0. The van der Waals surface area contributed by atoms with Gasteiger partial charge in [-0.15, -0.1) is 0 Å². The van der Waals surface area contributed by atoms with Gasteiger partial charge in [0.15, 0.2) is 0 Å². The van der Waals surface area contributed by atoms with E-state index in [1.807, 2.05) is 13.8 Å². The first-order valence-electron chi connectivity index (χ1n) is 12.5. The molecule has 0 aliphatic carbocycles. The Morgan fingerprint density at radius 3 is 2.53 bits per heavy atom. The van der Waals surface area contributed by atoms with Crippen molar-refractivity contribution in [2.75, 3.05) is 99.7 Å². The zero-order valence-corrected chi connectivity index (χ0v) is 22.8. The van der Waals surface area contributed by atoms with Gasteiger partial charge in [-0.2, -0.15) is 0 Å². The van der Waals surface area contributed by atoms with E-state index < -0.39 is 0 Å². The highest BCUT2D eigenvalue weighted by atomic mass is 16.5. The van der Waals surface area contributed by atoms with E-state index in [4.69, 9.17) is 23.9 Å². The Morgan fingerprint density at radius 2 is 1.83 bits per heavy atom. The van der Waals surface area contributed by atoms with Crippen LogP contribution in [0, 0.1) is 0 Å². The Kier molecular flexibility index (Phi) is 17.8. The van der Waals surface area contributed by atoms with Crippen molar-refractivity contribution in [3.05, 3.63) is 24.9 Å². The van der Waals surface area contributed by atoms with Gasteiger partial charge in [0.25, 0.3) is 0 Å². The molecule has 1 aliphatic rings. The molecule has 36 heavy (non-hydrogen) atoms. The van der Waals surface area contributed by atoms with E-state index in [1.165, 1.54) is 0 Å². The molecule has 0 aromatic rings. The van der Waals surface area contributed by atoms with Crippen LogP contribution in [0.15, 0.2) is 44.9 Å². The van der Waals surface area contributed by atoms with Gasteiger partial charge in [0.1, 0.15) is 0 Å². The summed E-state index contributed by atoms with van der Waals surface area (Å²) in [5, 5.41) is 0. The molecule has 0 aromatic heterocycles. The van der Waals surface area contributed by atoms with Crippen molar-refractivity contribution in [1.82, 2.24) is 9.80 Å². The highest BCUT2D eigenvalue weighted by Crippen LogP contribution is 2.05. The van der Waals surface area contributed by atoms with E-state index in [0.29, 0.717) is 78.2 Å². The van der Waals surface area contributed by atoms with Crippen LogP contribution >= 0.6 is 0 Å². The summed E-state index contributed by atoms with van der Waals surface area (Å²) in [7, 11) is 4.17. The van der Waals surface area contributed by atoms with Gasteiger partial charge in [-0.1, -0.05) is 13.2 Å². The van der Waals surface area contributed by atoms with Crippen molar-refractivity contribution in [1.29, 1.82) is 0 Å². The van der Waals surface area contributed by atoms with Crippen molar-refractivity contribution < 1.29 is 18.9 Å². The lowest BCUT2D eigenvalue weighted by Crippen LogP contribution is -2.49. The maximum atomic E-state index is 5.79. The summed E-state index contributed by atoms with van der Waals surface area (Å²) in [6, 6.07) is 0. The van der Waals surface area contributed by atoms with Crippen molar-refractivity contribution in [3.8, 4) is 0 Å². The van der Waals surface area contributed by atoms with E-state index in [-0.39, 0.29) is 6.17 Å². The number of allylic oxidation sites excluding steroid dienone is 2. The van der Waals surface area contributed by atoms with Gasteiger partial charge >= 0.3 is 0 Å². The van der Waals surface area contributed by atoms with Gasteiger partial charge in [-0.25, -0.2) is 0 Å². The molecule has 1 rings (SSSR count). The number of hydrogen-bond donors (Lipinski definition) is 0. The predicted octanol–water partition coefficient (Wildman–Crippen LogP) is 2.02. The van der Waals surface area contributed by atoms with Gasteiger partial charge in [0.05, 0.1) is 101 Å². The van der Waals surface area contributed by atoms with E-state index in [2.05, 4.69) is 58.7 Å². The molecule has 1 aliphatic heterocycles. The van der Waals surface area contributed by atoms with Crippen molar-refractivity contribution >= 4 is 23.9 Å². The van der Waals surface area contributed by atoms with Crippen LogP contribution in [0.4, 0.5) is 0 Å². The van der Waals surface area contributed by atoms with Crippen LogP contribution in [-0.4, -0.2) is 139 Å². The molecular weight excluding hydrogens is 460 g/mol. The molecule has 10 nitrogen and oxygen atoms in total. The van der Waals surface area contributed by atoms with Crippen molar-refractivity contribution in [3.63, 3.8) is 0 Å². The topological polar surface area (TPSA) is 92.8 Å². The Balaban J connectivity index is 2.51. The second-order valence-electron chi connectivity index (χ2n) is 8.36. The molecule has 0 saturated carbocycles. The van der Waals surface area contributed by atoms with Gasteiger partial charge in [-0.05, 0) is 40.7 Å². The molecule has 1 atom stereocenters. The molecule has 0 aromatic carbocycles. The number of likely N-dealkylation sites (N-methyl/N-ethyl adjacent to an activating group) is 2. The standard InChI is InChI=1S/C26H46N6O4/c1-8-25-24(4)29-10-14-34-18-20-36-16-12-32(7)26(21-30-25)31(6)11-15-35-19-17-33-13-9-28-23(3)22(2)27-5/h8,26H,1-2,5,9-21H2,3-4,6-7H3. The van der Waals surface area contributed by atoms with Crippen LogP contribution in [-0.2, 0) is 18.9 Å². The van der Waals surface area contributed by atoms with E-state index in [0.717, 1.165) is 30.2 Å². The van der Waals surface area contributed by atoms with Gasteiger partial charge in [0.2, 0.25) is 0 Å². The van der Waals surface area contributed by atoms with E-state index in [9.17, 15) is 0 Å². The van der Waals surface area contributed by atoms with Crippen molar-refractivity contribution in [2.24, 2.45) is 20.0 Å². The lowest BCUT2D eigenvalue weighted by molar-refractivity contribution is 0.00836. The average Bonchev–Trinajstić information content (AvgIpc) is 2.88. The van der Waals surface area contributed by atoms with Crippen LogP contribution < -0.4 is 0 Å². The zero-order chi connectivity index (χ0) is 26.6. The molecule has 0 radical (unpaired) electrons. The van der Waals surface area contributed by atoms with Crippen LogP contribution in [0.2, 0.25) is 0 Å². The molecule has 1 heterocycles. The summed E-state index contributed by atoms with van der Waals surface area (Å²) >= 11 is 0. The highest BCUT2D eigenvalue weighted by molar-refractivity contribution is 6.45. The molecule has 204 valence electrons. The minimum absolute atomic E-state index is 0.0819. The van der Waals surface area contributed by atoms with Gasteiger partial charge < -0.3 is 18.9 Å². The van der Waals surface area contributed by atoms with Crippen molar-refractivity contribution in [2.45, 2.75) is 20.0 Å². The lowest BCUT2D eigenvalue weighted by atomic mass is 10.2. The first-order valence-corrected chi connectivity index (χ1v) is 12.5. The first-order chi connectivity index (χ1) is 17.4. The van der Waals surface area contributed by atoms with Crippen LogP contribution in [0.25, 0.3) is 0 Å². The molecular formula is C26H46N6O4. The van der Waals surface area contributed by atoms with Crippen LogP contribution in [0.5, 0.6) is 0 Å². The fourth-order valence-electron chi connectivity index (χ4n) is 3.32. The molecule has 0 N–H and O–H groups in total. The Bertz CT molecular complexity index is 753. The number of hydrogen-bond acceptors (Lipinski definition) is 10. The maximum absolute atomic E-state index is 5.79. The summed E-state index contributed by atoms with van der Waals surface area (Å²) in [5.74, 6) is 0. The zero-order valence-electron chi connectivity index (χ0n) is 22.8. The Morgan fingerprint density at radius 1 is 1.14 bits per heavy atom.